The van der Waals surface area contributed by atoms with E-state index >= 15 is 0 Å². The van der Waals surface area contributed by atoms with Gasteiger partial charge in [0.1, 0.15) is 11.4 Å². The van der Waals surface area contributed by atoms with Crippen LogP contribution in [0.3, 0.4) is 0 Å². The third kappa shape index (κ3) is 4.91. The fraction of sp³-hybridized carbons (Fsp3) is 0.0526. The van der Waals surface area contributed by atoms with E-state index in [-0.39, 0.29) is 22.0 Å². The Morgan fingerprint density at radius 3 is 2.23 bits per heavy atom. The van der Waals surface area contributed by atoms with Crippen molar-refractivity contribution in [2.75, 3.05) is 5.32 Å². The molecule has 30 heavy (non-hydrogen) atoms. The molecule has 3 rings (SSSR count). The lowest BCUT2D eigenvalue weighted by Gasteiger charge is -2.08. The van der Waals surface area contributed by atoms with Gasteiger partial charge in [-0.25, -0.2) is 18.1 Å². The topological polar surface area (TPSA) is 138 Å². The molecule has 0 saturated carbocycles. The first-order chi connectivity index (χ1) is 14.2. The second-order valence-electron chi connectivity index (χ2n) is 6.12. The van der Waals surface area contributed by atoms with E-state index in [9.17, 15) is 22.8 Å². The number of sulfonamides is 1. The van der Waals surface area contributed by atoms with E-state index in [1.807, 2.05) is 4.72 Å². The Labute approximate surface area is 176 Å². The van der Waals surface area contributed by atoms with Gasteiger partial charge in [-0.05, 0) is 48.5 Å². The molecule has 0 atom stereocenters. The summed E-state index contributed by atoms with van der Waals surface area (Å²) in [5.41, 5.74) is 0.0161. The van der Waals surface area contributed by atoms with E-state index in [4.69, 9.17) is 11.6 Å². The van der Waals surface area contributed by atoms with Crippen LogP contribution in [0.25, 0.3) is 11.4 Å². The molecule has 0 aliphatic heterocycles. The highest BCUT2D eigenvalue weighted by Crippen LogP contribution is 2.17. The Morgan fingerprint density at radius 1 is 1.03 bits per heavy atom. The molecule has 0 unspecified atom stereocenters. The predicted molar refractivity (Wildman–Crippen MR) is 111 cm³/mol. The van der Waals surface area contributed by atoms with Gasteiger partial charge in [0.05, 0.1) is 4.90 Å². The van der Waals surface area contributed by atoms with Gasteiger partial charge in [-0.15, -0.1) is 0 Å². The number of carbonyl (C=O) groups excluding carboxylic acids is 2. The van der Waals surface area contributed by atoms with E-state index in [0.717, 1.165) is 13.1 Å². The van der Waals surface area contributed by atoms with Crippen LogP contribution in [-0.2, 0) is 14.8 Å². The Hall–Kier alpha value is -3.50. The number of nitrogens with one attached hydrogen (secondary N) is 3. The van der Waals surface area contributed by atoms with Crippen molar-refractivity contribution >= 4 is 39.1 Å². The maximum absolute atomic E-state index is 12.4. The van der Waals surface area contributed by atoms with Crippen LogP contribution in [0.15, 0.2) is 64.4 Å². The average Bonchev–Trinajstić information content (AvgIpc) is 2.68. The van der Waals surface area contributed by atoms with Gasteiger partial charge in [-0.3, -0.25) is 14.4 Å². The Morgan fingerprint density at radius 2 is 1.67 bits per heavy atom. The highest BCUT2D eigenvalue weighted by atomic mass is 35.5. The number of hydrogen-bond acceptors (Lipinski definition) is 6. The molecule has 11 heteroatoms. The van der Waals surface area contributed by atoms with Gasteiger partial charge < -0.3 is 10.3 Å². The molecule has 0 spiro atoms. The number of halogens is 1. The number of aromatic amines is 1. The Kier molecular flexibility index (Phi) is 5.99. The third-order valence-corrected chi connectivity index (χ3v) is 5.56. The van der Waals surface area contributed by atoms with Crippen LogP contribution in [-0.4, -0.2) is 30.2 Å². The Bertz CT molecular complexity index is 1270. The standard InChI is InChI=1S/C19H15ClN4O5S/c1-11(25)24-30(28,29)15-8-6-14(7-9-15)22-18(26)16-10-21-17(23-19(16)27)12-2-4-13(20)5-3-12/h2-10H,1H3,(H,22,26)(H,24,25)(H,21,23,27). The summed E-state index contributed by atoms with van der Waals surface area (Å²) in [7, 11) is -3.98. The van der Waals surface area contributed by atoms with Gasteiger partial charge in [-0.2, -0.15) is 0 Å². The lowest BCUT2D eigenvalue weighted by Crippen LogP contribution is -2.28. The molecular weight excluding hydrogens is 432 g/mol. The molecular formula is C19H15ClN4O5S. The van der Waals surface area contributed by atoms with E-state index in [2.05, 4.69) is 15.3 Å². The minimum Gasteiger partial charge on any atom is -0.322 e. The molecule has 9 nitrogen and oxygen atoms in total. The molecule has 0 aliphatic carbocycles. The molecule has 0 aliphatic rings. The van der Waals surface area contributed by atoms with Crippen molar-refractivity contribution in [3.05, 3.63) is 75.7 Å². The normalized spacial score (nSPS) is 11.0. The maximum Gasteiger partial charge on any atom is 0.264 e. The number of nitrogens with zero attached hydrogens (tertiary/aromatic N) is 1. The predicted octanol–water partition coefficient (Wildman–Crippen LogP) is 2.17. The lowest BCUT2D eigenvalue weighted by atomic mass is 10.2. The molecule has 3 aromatic rings. The van der Waals surface area contributed by atoms with E-state index in [0.29, 0.717) is 10.6 Å². The molecule has 0 radical (unpaired) electrons. The smallest absolute Gasteiger partial charge is 0.264 e. The summed E-state index contributed by atoms with van der Waals surface area (Å²) in [5.74, 6) is -1.16. The third-order valence-electron chi connectivity index (χ3n) is 3.86. The van der Waals surface area contributed by atoms with Gasteiger partial charge in [0.25, 0.3) is 21.5 Å². The number of aromatic nitrogens is 2. The van der Waals surface area contributed by atoms with Crippen molar-refractivity contribution in [3.63, 3.8) is 0 Å². The second kappa shape index (κ2) is 8.47. The molecule has 2 amide bonds. The first-order valence-corrected chi connectivity index (χ1v) is 10.3. The highest BCUT2D eigenvalue weighted by Gasteiger charge is 2.16. The fourth-order valence-electron chi connectivity index (χ4n) is 2.48. The zero-order valence-electron chi connectivity index (χ0n) is 15.5. The molecule has 1 heterocycles. The number of anilines is 1. The number of H-pyrrole nitrogens is 1. The molecule has 3 N–H and O–H groups in total. The number of carbonyl (C=O) groups is 2. The van der Waals surface area contributed by atoms with Crippen molar-refractivity contribution in [3.8, 4) is 11.4 Å². The van der Waals surface area contributed by atoms with Crippen molar-refractivity contribution in [1.82, 2.24) is 14.7 Å². The SMILES string of the molecule is CC(=O)NS(=O)(=O)c1ccc(NC(=O)c2cnc(-c3ccc(Cl)cc3)[nH]c2=O)cc1. The monoisotopic (exact) mass is 446 g/mol. The molecule has 0 bridgehead atoms. The van der Waals surface area contributed by atoms with E-state index in [1.165, 1.54) is 24.3 Å². The maximum atomic E-state index is 12.4. The summed E-state index contributed by atoms with van der Waals surface area (Å²) in [4.78, 5) is 42.1. The van der Waals surface area contributed by atoms with Gasteiger partial charge in [0.15, 0.2) is 0 Å². The molecule has 2 aromatic carbocycles. The van der Waals surface area contributed by atoms with Gasteiger partial charge in [-0.1, -0.05) is 11.6 Å². The van der Waals surface area contributed by atoms with E-state index in [1.54, 1.807) is 24.3 Å². The largest absolute Gasteiger partial charge is 0.322 e. The first-order valence-electron chi connectivity index (χ1n) is 8.46. The first kappa shape index (κ1) is 21.2. The highest BCUT2D eigenvalue weighted by molar-refractivity contribution is 7.90. The molecule has 1 aromatic heterocycles. The fourth-order valence-corrected chi connectivity index (χ4v) is 3.59. The van der Waals surface area contributed by atoms with Crippen LogP contribution in [0.2, 0.25) is 5.02 Å². The van der Waals surface area contributed by atoms with Gasteiger partial charge >= 0.3 is 0 Å². The molecule has 154 valence electrons. The number of amides is 2. The molecule has 0 fully saturated rings. The average molecular weight is 447 g/mol. The van der Waals surface area contributed by atoms with Gasteiger partial charge in [0.2, 0.25) is 5.91 Å². The zero-order chi connectivity index (χ0) is 21.9. The van der Waals surface area contributed by atoms with Crippen LogP contribution in [0.1, 0.15) is 17.3 Å². The second-order valence-corrected chi connectivity index (χ2v) is 8.24. The Balaban J connectivity index is 1.77. The van der Waals surface area contributed by atoms with Crippen LogP contribution in [0.5, 0.6) is 0 Å². The summed E-state index contributed by atoms with van der Waals surface area (Å²) < 4.78 is 25.7. The number of rotatable bonds is 5. The van der Waals surface area contributed by atoms with Crippen molar-refractivity contribution in [2.45, 2.75) is 11.8 Å². The number of benzene rings is 2. The van der Waals surface area contributed by atoms with Gasteiger partial charge in [0, 0.05) is 29.4 Å². The minimum absolute atomic E-state index is 0.150. The van der Waals surface area contributed by atoms with E-state index < -0.39 is 27.4 Å². The lowest BCUT2D eigenvalue weighted by molar-refractivity contribution is -0.117. The van der Waals surface area contributed by atoms with Crippen LogP contribution >= 0.6 is 11.6 Å². The van der Waals surface area contributed by atoms with Crippen molar-refractivity contribution in [2.24, 2.45) is 0 Å². The minimum atomic E-state index is -3.98. The van der Waals surface area contributed by atoms with Crippen LogP contribution < -0.4 is 15.6 Å². The summed E-state index contributed by atoms with van der Waals surface area (Å²) in [6.07, 6.45) is 1.15. The van der Waals surface area contributed by atoms with Crippen molar-refractivity contribution in [1.29, 1.82) is 0 Å². The number of hydrogen-bond donors (Lipinski definition) is 3. The zero-order valence-corrected chi connectivity index (χ0v) is 17.0. The van der Waals surface area contributed by atoms with Crippen LogP contribution in [0.4, 0.5) is 5.69 Å². The summed E-state index contributed by atoms with van der Waals surface area (Å²) in [6, 6.07) is 11.7. The summed E-state index contributed by atoms with van der Waals surface area (Å²) >= 11 is 5.83. The summed E-state index contributed by atoms with van der Waals surface area (Å²) in [5, 5.41) is 3.02. The van der Waals surface area contributed by atoms with Crippen molar-refractivity contribution < 1.29 is 18.0 Å². The molecule has 0 saturated heterocycles. The van der Waals surface area contributed by atoms with Crippen LogP contribution in [0, 0.1) is 0 Å². The summed E-state index contributed by atoms with van der Waals surface area (Å²) in [6.45, 7) is 1.08. The quantitative estimate of drug-likeness (QED) is 0.549.